The van der Waals surface area contributed by atoms with E-state index in [1.807, 2.05) is 30.4 Å². The van der Waals surface area contributed by atoms with Crippen LogP contribution in [0.4, 0.5) is 23.0 Å². The normalized spacial score (nSPS) is 21.7. The van der Waals surface area contributed by atoms with E-state index in [9.17, 15) is 17.3 Å². The molecule has 0 saturated carbocycles. The number of quaternary nitrogens is 1. The molecule has 7 heteroatoms. The molecule has 1 aromatic carbocycles. The predicted octanol–water partition coefficient (Wildman–Crippen LogP) is 3.94. The zero-order valence-electron chi connectivity index (χ0n) is 10.3. The van der Waals surface area contributed by atoms with Gasteiger partial charge in [0.2, 0.25) is 0 Å². The van der Waals surface area contributed by atoms with Gasteiger partial charge in [-0.05, 0) is 12.2 Å². The highest BCUT2D eigenvalue weighted by Gasteiger charge is 2.28. The van der Waals surface area contributed by atoms with Gasteiger partial charge in [0.1, 0.15) is 12.7 Å². The summed E-state index contributed by atoms with van der Waals surface area (Å²) in [6, 6.07) is 10.2. The van der Waals surface area contributed by atoms with E-state index in [-0.39, 0.29) is 0 Å². The van der Waals surface area contributed by atoms with Gasteiger partial charge in [0.15, 0.2) is 5.69 Å². The highest BCUT2D eigenvalue weighted by atomic mass is 19.5. The number of nitrogens with zero attached hydrogens (tertiary/aromatic N) is 1. The number of rotatable bonds is 2. The highest BCUT2D eigenvalue weighted by molar-refractivity contribution is 6.50. The summed E-state index contributed by atoms with van der Waals surface area (Å²) in [7, 11) is -4.27. The molecule has 2 nitrogen and oxygen atoms in total. The SMILES string of the molecule is CO[N+]1(c2ccccc2)C=CC=CC1.F[B-](F)(F)F. The second-order valence-corrected chi connectivity index (χ2v) is 3.76. The minimum absolute atomic E-state index is 0.442. The van der Waals surface area contributed by atoms with Crippen LogP contribution in [0.2, 0.25) is 0 Å². The summed E-state index contributed by atoms with van der Waals surface area (Å²) >= 11 is 0. The summed E-state index contributed by atoms with van der Waals surface area (Å²) in [6.07, 6.45) is 8.21. The molecule has 2 rings (SSSR count). The summed E-state index contributed by atoms with van der Waals surface area (Å²) < 4.78 is 39.4. The summed E-state index contributed by atoms with van der Waals surface area (Å²) in [4.78, 5) is 5.56. The lowest BCUT2D eigenvalue weighted by Gasteiger charge is -2.29. The monoisotopic (exact) mass is 275 g/mol. The molecule has 0 fully saturated rings. The zero-order chi connectivity index (χ0) is 14.4. The second-order valence-electron chi connectivity index (χ2n) is 3.76. The minimum Gasteiger partial charge on any atom is -0.418 e. The van der Waals surface area contributed by atoms with Crippen LogP contribution in [0.5, 0.6) is 0 Å². The zero-order valence-corrected chi connectivity index (χ0v) is 10.3. The molecule has 1 aliphatic heterocycles. The van der Waals surface area contributed by atoms with Crippen LogP contribution in [0, 0.1) is 0 Å². The van der Waals surface area contributed by atoms with Gasteiger partial charge in [-0.2, -0.15) is 4.84 Å². The molecule has 104 valence electrons. The summed E-state index contributed by atoms with van der Waals surface area (Å²) in [5.74, 6) is 0. The molecule has 0 spiro atoms. The van der Waals surface area contributed by atoms with Crippen LogP contribution in [0.3, 0.4) is 0 Å². The molecule has 1 atom stereocenters. The smallest absolute Gasteiger partial charge is 0.418 e. The maximum absolute atomic E-state index is 9.75. The molecule has 1 heterocycles. The molecule has 0 amide bonds. The molecular weight excluding hydrogens is 261 g/mol. The molecule has 1 unspecified atom stereocenters. The molecule has 0 N–H and O–H groups in total. The van der Waals surface area contributed by atoms with Gasteiger partial charge in [-0.1, -0.05) is 24.3 Å². The van der Waals surface area contributed by atoms with Gasteiger partial charge in [0.05, 0.1) is 7.11 Å². The van der Waals surface area contributed by atoms with Gasteiger partial charge in [-0.25, -0.2) is 0 Å². The Bertz CT molecular complexity index is 441. The third-order valence-electron chi connectivity index (χ3n) is 2.47. The first-order valence-corrected chi connectivity index (χ1v) is 5.58. The van der Waals surface area contributed by atoms with E-state index >= 15 is 0 Å². The summed E-state index contributed by atoms with van der Waals surface area (Å²) in [5.41, 5.74) is 1.15. The van der Waals surface area contributed by atoms with Crippen LogP contribution in [-0.2, 0) is 4.84 Å². The number of hydroxylamine groups is 2. The highest BCUT2D eigenvalue weighted by Crippen LogP contribution is 2.25. The van der Waals surface area contributed by atoms with Gasteiger partial charge in [0, 0.05) is 12.1 Å². The molecule has 0 aliphatic carbocycles. The Morgan fingerprint density at radius 2 is 1.63 bits per heavy atom. The summed E-state index contributed by atoms with van der Waals surface area (Å²) in [6.45, 7) is 0.844. The summed E-state index contributed by atoms with van der Waals surface area (Å²) in [5, 5.41) is 0. The average molecular weight is 275 g/mol. The molecule has 1 aliphatic rings. The first-order chi connectivity index (χ1) is 8.87. The van der Waals surface area contributed by atoms with Crippen molar-refractivity contribution < 1.29 is 22.1 Å². The lowest BCUT2D eigenvalue weighted by molar-refractivity contribution is -0.0700. The Balaban J connectivity index is 0.000000312. The maximum atomic E-state index is 9.75. The van der Waals surface area contributed by atoms with E-state index < -0.39 is 7.25 Å². The first kappa shape index (κ1) is 15.5. The predicted molar refractivity (Wildman–Crippen MR) is 68.6 cm³/mol. The molecule has 0 saturated heterocycles. The maximum Gasteiger partial charge on any atom is 0.673 e. The Kier molecular flexibility index (Phi) is 5.32. The fraction of sp³-hybridized carbons (Fsp3) is 0.167. The Morgan fingerprint density at radius 3 is 2.05 bits per heavy atom. The van der Waals surface area contributed by atoms with Crippen molar-refractivity contribution in [3.05, 3.63) is 54.8 Å². The van der Waals surface area contributed by atoms with Crippen LogP contribution in [0.1, 0.15) is 0 Å². The van der Waals surface area contributed by atoms with Gasteiger partial charge >= 0.3 is 7.25 Å². The van der Waals surface area contributed by atoms with Crippen LogP contribution in [0.15, 0.2) is 54.8 Å². The van der Waals surface area contributed by atoms with Gasteiger partial charge in [0.25, 0.3) is 0 Å². The van der Waals surface area contributed by atoms with Crippen molar-refractivity contribution in [1.82, 2.24) is 4.65 Å². The van der Waals surface area contributed by atoms with E-state index in [1.54, 1.807) is 7.11 Å². The van der Waals surface area contributed by atoms with Crippen molar-refractivity contribution in [3.63, 3.8) is 0 Å². The van der Waals surface area contributed by atoms with E-state index in [0.717, 1.165) is 12.2 Å². The Labute approximate surface area is 109 Å². The lowest BCUT2D eigenvalue weighted by atomic mass is 10.2. The van der Waals surface area contributed by atoms with Crippen molar-refractivity contribution >= 4 is 12.9 Å². The van der Waals surface area contributed by atoms with Crippen molar-refractivity contribution in [2.24, 2.45) is 0 Å². The molecule has 0 radical (unpaired) electrons. The molecule has 0 aromatic heterocycles. The quantitative estimate of drug-likeness (QED) is 0.451. The standard InChI is InChI=1S/C12H14NO.BF4/c1-14-13(10-6-3-7-11-13)12-8-4-2-5-9-12;2-1(3,4)5/h2-10H,11H2,1H3;/q+1;-1. The number of benzene rings is 1. The number of para-hydroxylation sites is 1. The van der Waals surface area contributed by atoms with E-state index in [4.69, 9.17) is 4.84 Å². The Hall–Kier alpha value is -1.60. The number of allylic oxidation sites excluding steroid dienone is 2. The largest absolute Gasteiger partial charge is 0.673 e. The van der Waals surface area contributed by atoms with E-state index in [2.05, 4.69) is 24.4 Å². The van der Waals surface area contributed by atoms with E-state index in [1.165, 1.54) is 0 Å². The molecule has 0 bridgehead atoms. The number of hydrogen-bond acceptors (Lipinski definition) is 1. The fourth-order valence-corrected chi connectivity index (χ4v) is 1.66. The van der Waals surface area contributed by atoms with Crippen LogP contribution in [0.25, 0.3) is 0 Å². The van der Waals surface area contributed by atoms with Crippen molar-refractivity contribution in [2.75, 3.05) is 13.7 Å². The van der Waals surface area contributed by atoms with Crippen LogP contribution >= 0.6 is 0 Å². The second kappa shape index (κ2) is 6.54. The topological polar surface area (TPSA) is 9.23 Å². The van der Waals surface area contributed by atoms with Crippen LogP contribution < -0.4 is 4.65 Å². The van der Waals surface area contributed by atoms with Crippen molar-refractivity contribution in [2.45, 2.75) is 0 Å². The van der Waals surface area contributed by atoms with Crippen molar-refractivity contribution in [1.29, 1.82) is 0 Å². The molecule has 19 heavy (non-hydrogen) atoms. The number of hydrogen-bond donors (Lipinski definition) is 0. The average Bonchev–Trinajstić information content (AvgIpc) is 2.39. The minimum atomic E-state index is -6.00. The number of halogens is 4. The van der Waals surface area contributed by atoms with Crippen molar-refractivity contribution in [3.8, 4) is 0 Å². The molecule has 1 aromatic rings. The molecular formula is C12H14BF4NO. The van der Waals surface area contributed by atoms with Crippen LogP contribution in [-0.4, -0.2) is 20.9 Å². The van der Waals surface area contributed by atoms with Gasteiger partial charge < -0.3 is 17.3 Å². The third kappa shape index (κ3) is 5.27. The fourth-order valence-electron chi connectivity index (χ4n) is 1.66. The Morgan fingerprint density at radius 1 is 1.05 bits per heavy atom. The van der Waals surface area contributed by atoms with E-state index in [0.29, 0.717) is 4.65 Å². The third-order valence-corrected chi connectivity index (χ3v) is 2.47. The first-order valence-electron chi connectivity index (χ1n) is 5.58. The lowest BCUT2D eigenvalue weighted by Crippen LogP contribution is -2.43. The van der Waals surface area contributed by atoms with Gasteiger partial charge in [-0.15, -0.1) is 4.65 Å². The van der Waals surface area contributed by atoms with Gasteiger partial charge in [-0.3, -0.25) is 0 Å².